The Morgan fingerprint density at radius 1 is 1.14 bits per heavy atom. The van der Waals surface area contributed by atoms with Crippen LogP contribution in [-0.2, 0) is 5.60 Å². The number of aryl methyl sites for hydroxylation is 1. The molecule has 1 atom stereocenters. The second-order valence-corrected chi connectivity index (χ2v) is 6.12. The highest BCUT2D eigenvalue weighted by Crippen LogP contribution is 2.50. The summed E-state index contributed by atoms with van der Waals surface area (Å²) in [5.74, 6) is -0.265. The Balaban J connectivity index is 2.22. The molecule has 2 nitrogen and oxygen atoms in total. The van der Waals surface area contributed by atoms with Crippen molar-refractivity contribution in [1.82, 2.24) is 4.90 Å². The summed E-state index contributed by atoms with van der Waals surface area (Å²) in [7, 11) is 3.95. The summed E-state index contributed by atoms with van der Waals surface area (Å²) in [6.07, 6.45) is 0.549. The SMILES string of the molecule is Cc1ccc2c(c1)C(O)(CCN(C)C)c1cccc(F)c1-2. The average molecular weight is 285 g/mol. The normalized spacial score (nSPS) is 19.7. The van der Waals surface area contributed by atoms with Gasteiger partial charge in [0.2, 0.25) is 0 Å². The van der Waals surface area contributed by atoms with Gasteiger partial charge in [0.1, 0.15) is 11.4 Å². The van der Waals surface area contributed by atoms with Gasteiger partial charge in [-0.05, 0) is 50.2 Å². The van der Waals surface area contributed by atoms with Gasteiger partial charge in [0, 0.05) is 12.1 Å². The largest absolute Gasteiger partial charge is 0.380 e. The maximum atomic E-state index is 14.3. The van der Waals surface area contributed by atoms with Crippen LogP contribution in [0.5, 0.6) is 0 Å². The van der Waals surface area contributed by atoms with Gasteiger partial charge in [0.25, 0.3) is 0 Å². The van der Waals surface area contributed by atoms with Crippen molar-refractivity contribution in [2.45, 2.75) is 18.9 Å². The van der Waals surface area contributed by atoms with Crippen molar-refractivity contribution in [1.29, 1.82) is 0 Å². The Hall–Kier alpha value is -1.71. The van der Waals surface area contributed by atoms with Crippen LogP contribution in [0.2, 0.25) is 0 Å². The quantitative estimate of drug-likeness (QED) is 0.935. The minimum absolute atomic E-state index is 0.265. The molecule has 3 rings (SSSR count). The van der Waals surface area contributed by atoms with E-state index in [1.807, 2.05) is 50.2 Å². The highest BCUT2D eigenvalue weighted by Gasteiger charge is 2.42. The first-order valence-electron chi connectivity index (χ1n) is 7.21. The average Bonchev–Trinajstić information content (AvgIpc) is 2.68. The fourth-order valence-electron chi connectivity index (χ4n) is 3.16. The fraction of sp³-hybridized carbons (Fsp3) is 0.333. The van der Waals surface area contributed by atoms with Gasteiger partial charge in [-0.3, -0.25) is 0 Å². The zero-order valence-electron chi connectivity index (χ0n) is 12.7. The molecule has 2 aromatic rings. The topological polar surface area (TPSA) is 23.5 Å². The van der Waals surface area contributed by atoms with E-state index in [0.29, 0.717) is 17.5 Å². The van der Waals surface area contributed by atoms with Crippen LogP contribution in [0.1, 0.15) is 23.1 Å². The fourth-order valence-corrected chi connectivity index (χ4v) is 3.16. The van der Waals surface area contributed by atoms with Crippen molar-refractivity contribution in [2.24, 2.45) is 0 Å². The smallest absolute Gasteiger partial charge is 0.131 e. The number of hydrogen-bond acceptors (Lipinski definition) is 2. The van der Waals surface area contributed by atoms with Gasteiger partial charge in [-0.1, -0.05) is 35.9 Å². The maximum absolute atomic E-state index is 14.3. The molecule has 0 radical (unpaired) electrons. The van der Waals surface area contributed by atoms with E-state index in [9.17, 15) is 9.50 Å². The molecule has 110 valence electrons. The van der Waals surface area contributed by atoms with Gasteiger partial charge >= 0.3 is 0 Å². The number of nitrogens with zero attached hydrogens (tertiary/aromatic N) is 1. The van der Waals surface area contributed by atoms with Gasteiger partial charge in [-0.15, -0.1) is 0 Å². The lowest BCUT2D eigenvalue weighted by Gasteiger charge is -2.27. The molecule has 0 fully saturated rings. The maximum Gasteiger partial charge on any atom is 0.131 e. The number of benzene rings is 2. The lowest BCUT2D eigenvalue weighted by atomic mass is 9.87. The van der Waals surface area contributed by atoms with Crippen molar-refractivity contribution in [3.63, 3.8) is 0 Å². The second kappa shape index (κ2) is 4.93. The monoisotopic (exact) mass is 285 g/mol. The third-order valence-corrected chi connectivity index (χ3v) is 4.27. The van der Waals surface area contributed by atoms with E-state index < -0.39 is 5.60 Å². The van der Waals surface area contributed by atoms with Gasteiger partial charge < -0.3 is 10.0 Å². The number of fused-ring (bicyclic) bond motifs is 3. The predicted octanol–water partition coefficient (Wildman–Crippen LogP) is 3.30. The van der Waals surface area contributed by atoms with Crippen molar-refractivity contribution >= 4 is 0 Å². The van der Waals surface area contributed by atoms with Crippen LogP contribution in [-0.4, -0.2) is 30.6 Å². The van der Waals surface area contributed by atoms with Crippen molar-refractivity contribution in [3.8, 4) is 11.1 Å². The van der Waals surface area contributed by atoms with E-state index in [-0.39, 0.29) is 5.82 Å². The first-order chi connectivity index (χ1) is 9.93. The Morgan fingerprint density at radius 3 is 2.62 bits per heavy atom. The molecule has 1 aliphatic rings. The van der Waals surface area contributed by atoms with E-state index in [1.54, 1.807) is 6.07 Å². The number of aliphatic hydroxyl groups is 1. The third kappa shape index (κ3) is 2.17. The third-order valence-electron chi connectivity index (χ3n) is 4.27. The molecule has 1 N–H and O–H groups in total. The number of hydrogen-bond donors (Lipinski definition) is 1. The summed E-state index contributed by atoms with van der Waals surface area (Å²) in [4.78, 5) is 2.03. The molecule has 3 heteroatoms. The Bertz CT molecular complexity index is 696. The van der Waals surface area contributed by atoms with Crippen LogP contribution in [0.3, 0.4) is 0 Å². The van der Waals surface area contributed by atoms with Crippen LogP contribution >= 0.6 is 0 Å². The zero-order chi connectivity index (χ0) is 15.2. The molecular formula is C18H20FNO. The summed E-state index contributed by atoms with van der Waals surface area (Å²) >= 11 is 0. The lowest BCUT2D eigenvalue weighted by Crippen LogP contribution is -2.30. The summed E-state index contributed by atoms with van der Waals surface area (Å²) in [5.41, 5.74) is 2.84. The van der Waals surface area contributed by atoms with Crippen LogP contribution in [0, 0.1) is 12.7 Å². The van der Waals surface area contributed by atoms with E-state index in [2.05, 4.69) is 0 Å². The van der Waals surface area contributed by atoms with Crippen molar-refractivity contribution in [2.75, 3.05) is 20.6 Å². The molecular weight excluding hydrogens is 265 g/mol. The van der Waals surface area contributed by atoms with E-state index in [0.717, 1.165) is 23.2 Å². The van der Waals surface area contributed by atoms with Gasteiger partial charge in [-0.25, -0.2) is 4.39 Å². The highest BCUT2D eigenvalue weighted by molar-refractivity contribution is 5.80. The predicted molar refractivity (Wildman–Crippen MR) is 82.7 cm³/mol. The molecule has 0 amide bonds. The Labute approximate surface area is 124 Å². The first kappa shape index (κ1) is 14.2. The molecule has 21 heavy (non-hydrogen) atoms. The zero-order valence-corrected chi connectivity index (χ0v) is 12.7. The molecule has 0 saturated carbocycles. The molecule has 0 aliphatic heterocycles. The van der Waals surface area contributed by atoms with E-state index in [4.69, 9.17) is 0 Å². The van der Waals surface area contributed by atoms with Crippen molar-refractivity contribution < 1.29 is 9.50 Å². The van der Waals surface area contributed by atoms with E-state index >= 15 is 0 Å². The lowest BCUT2D eigenvalue weighted by molar-refractivity contribution is 0.0673. The molecule has 0 aromatic heterocycles. The molecule has 0 heterocycles. The highest BCUT2D eigenvalue weighted by atomic mass is 19.1. The van der Waals surface area contributed by atoms with Crippen LogP contribution in [0.25, 0.3) is 11.1 Å². The molecule has 2 aromatic carbocycles. The van der Waals surface area contributed by atoms with E-state index in [1.165, 1.54) is 6.07 Å². The number of rotatable bonds is 3. The first-order valence-corrected chi connectivity index (χ1v) is 7.21. The number of halogens is 1. The summed E-state index contributed by atoms with van der Waals surface area (Å²) < 4.78 is 14.3. The van der Waals surface area contributed by atoms with Gasteiger partial charge in [0.15, 0.2) is 0 Å². The standard InChI is InChI=1S/C18H20FNO/c1-12-7-8-13-15(11-12)18(21,9-10-20(2)3)14-5-4-6-16(19)17(13)14/h4-8,11,21H,9-10H2,1-3H3. The second-order valence-electron chi connectivity index (χ2n) is 6.12. The Kier molecular flexibility index (Phi) is 3.34. The molecule has 1 unspecified atom stereocenters. The van der Waals surface area contributed by atoms with Crippen LogP contribution < -0.4 is 0 Å². The molecule has 0 saturated heterocycles. The van der Waals surface area contributed by atoms with Gasteiger partial charge in [0.05, 0.1) is 0 Å². The molecule has 0 spiro atoms. The van der Waals surface area contributed by atoms with Crippen LogP contribution in [0.15, 0.2) is 36.4 Å². The Morgan fingerprint density at radius 2 is 1.90 bits per heavy atom. The minimum Gasteiger partial charge on any atom is -0.380 e. The van der Waals surface area contributed by atoms with Gasteiger partial charge in [-0.2, -0.15) is 0 Å². The summed E-state index contributed by atoms with van der Waals surface area (Å²) in [5, 5.41) is 11.3. The molecule has 0 bridgehead atoms. The summed E-state index contributed by atoms with van der Waals surface area (Å²) in [6, 6.07) is 10.8. The van der Waals surface area contributed by atoms with Crippen molar-refractivity contribution in [3.05, 3.63) is 58.9 Å². The summed E-state index contributed by atoms with van der Waals surface area (Å²) in [6.45, 7) is 2.73. The molecule has 1 aliphatic carbocycles. The minimum atomic E-state index is -1.11. The van der Waals surface area contributed by atoms with Crippen LogP contribution in [0.4, 0.5) is 4.39 Å².